The average Bonchev–Trinajstić information content (AvgIpc) is 3.12. The molecule has 0 radical (unpaired) electrons. The molecule has 0 aromatic rings. The van der Waals surface area contributed by atoms with Gasteiger partial charge < -0.3 is 19.8 Å². The third-order valence-corrected chi connectivity index (χ3v) is 10.8. The lowest BCUT2D eigenvalue weighted by Crippen LogP contribution is -2.45. The second-order valence-electron chi connectivity index (χ2n) is 16.4. The van der Waals surface area contributed by atoms with Gasteiger partial charge in [0, 0.05) is 6.42 Å². The van der Waals surface area contributed by atoms with Crippen LogP contribution in [-0.4, -0.2) is 73.4 Å². The third-order valence-electron chi connectivity index (χ3n) is 9.81. The van der Waals surface area contributed by atoms with Gasteiger partial charge >= 0.3 is 7.82 Å². The molecule has 3 atom stereocenters. The Labute approximate surface area is 334 Å². The number of phosphoric ester groups is 1. The number of aliphatic hydroxyl groups is 1. The molecule has 0 aliphatic carbocycles. The summed E-state index contributed by atoms with van der Waals surface area (Å²) in [6.45, 7) is 4.72. The van der Waals surface area contributed by atoms with Crippen molar-refractivity contribution in [2.75, 3.05) is 40.9 Å². The summed E-state index contributed by atoms with van der Waals surface area (Å²) in [4.78, 5) is 23.0. The van der Waals surface area contributed by atoms with Gasteiger partial charge in [-0.25, -0.2) is 4.57 Å². The molecule has 8 nitrogen and oxygen atoms in total. The first-order valence-electron chi connectivity index (χ1n) is 22.4. The predicted molar refractivity (Wildman–Crippen MR) is 231 cm³/mol. The summed E-state index contributed by atoms with van der Waals surface area (Å²) in [6, 6.07) is -0.864. The molecule has 9 heteroatoms. The van der Waals surface area contributed by atoms with Gasteiger partial charge in [-0.1, -0.05) is 172 Å². The number of carbonyl (C=O) groups is 1. The largest absolute Gasteiger partial charge is 0.472 e. The zero-order chi connectivity index (χ0) is 40.0. The minimum Gasteiger partial charge on any atom is -0.387 e. The van der Waals surface area contributed by atoms with Crippen molar-refractivity contribution in [1.29, 1.82) is 0 Å². The van der Waals surface area contributed by atoms with Gasteiger partial charge in [0.2, 0.25) is 5.91 Å². The molecule has 0 saturated carbocycles. The number of carbonyl (C=O) groups excluding carboxylic acids is 1. The number of amides is 1. The number of rotatable bonds is 40. The van der Waals surface area contributed by atoms with Crippen molar-refractivity contribution in [3.05, 3.63) is 36.5 Å². The Kier molecular flexibility index (Phi) is 36.4. The van der Waals surface area contributed by atoms with Crippen molar-refractivity contribution >= 4 is 13.7 Å². The topological polar surface area (TPSA) is 105 Å². The van der Waals surface area contributed by atoms with Crippen LogP contribution >= 0.6 is 7.82 Å². The first kappa shape index (κ1) is 52.7. The first-order valence-corrected chi connectivity index (χ1v) is 23.9. The molecule has 0 aromatic carbocycles. The molecular weight excluding hydrogens is 695 g/mol. The van der Waals surface area contributed by atoms with Gasteiger partial charge in [0.15, 0.2) is 0 Å². The van der Waals surface area contributed by atoms with E-state index in [0.29, 0.717) is 17.4 Å². The van der Waals surface area contributed by atoms with Crippen molar-refractivity contribution in [3.8, 4) is 0 Å². The van der Waals surface area contributed by atoms with Crippen molar-refractivity contribution in [3.63, 3.8) is 0 Å². The van der Waals surface area contributed by atoms with Gasteiger partial charge in [0.05, 0.1) is 39.9 Å². The van der Waals surface area contributed by atoms with E-state index in [1.807, 2.05) is 27.2 Å². The van der Waals surface area contributed by atoms with Crippen LogP contribution in [-0.2, 0) is 18.4 Å². The van der Waals surface area contributed by atoms with Crippen molar-refractivity contribution in [2.24, 2.45) is 0 Å². The molecule has 318 valence electrons. The number of hydrogen-bond acceptors (Lipinski definition) is 5. The molecule has 1 amide bonds. The lowest BCUT2D eigenvalue weighted by molar-refractivity contribution is -0.870. The van der Waals surface area contributed by atoms with Crippen LogP contribution < -0.4 is 5.32 Å². The van der Waals surface area contributed by atoms with Gasteiger partial charge in [-0.05, 0) is 51.4 Å². The van der Waals surface area contributed by atoms with Crippen LogP contribution in [0, 0.1) is 0 Å². The molecule has 0 bridgehead atoms. The number of likely N-dealkylation sites (N-methyl/N-ethyl adjacent to an activating group) is 1. The fourth-order valence-electron chi connectivity index (χ4n) is 6.24. The number of unbranched alkanes of at least 4 members (excludes halogenated alkanes) is 23. The standard InChI is InChI=1S/C45H87N2O6P/c1-6-8-10-12-14-16-18-19-20-21-22-23-24-25-26-27-28-29-30-32-34-36-38-44(48)43(42-53-54(50,51)52-41-40-47(3,4)5)46-45(49)39-37-35-33-31-17-15-13-11-9-7-2/h11,13,29-30,36,38,43-44,48H,6-10,12,14-28,31-35,37,39-42H2,1-5H3,(H-,46,49,50,51)/p+1/b13-11-,30-29+,38-36+. The molecule has 0 heterocycles. The van der Waals surface area contributed by atoms with Gasteiger partial charge in [-0.2, -0.15) is 0 Å². The second-order valence-corrected chi connectivity index (χ2v) is 17.9. The number of phosphoric acid groups is 1. The average molecular weight is 784 g/mol. The van der Waals surface area contributed by atoms with Crippen molar-refractivity contribution in [2.45, 2.75) is 206 Å². The van der Waals surface area contributed by atoms with E-state index in [9.17, 15) is 19.4 Å². The minimum absolute atomic E-state index is 0.0543. The highest BCUT2D eigenvalue weighted by molar-refractivity contribution is 7.47. The zero-order valence-electron chi connectivity index (χ0n) is 36.0. The Bertz CT molecular complexity index is 980. The Morgan fingerprint density at radius 1 is 0.611 bits per heavy atom. The molecule has 0 aliphatic rings. The van der Waals surface area contributed by atoms with Gasteiger partial charge in [-0.3, -0.25) is 13.8 Å². The SMILES string of the molecule is CCC/C=C\CCCCCCCC(=O)NC(COP(=O)(O)OCC[N+](C)(C)C)C(O)/C=C/CC/C=C/CCCCCCCCCCCCCCCCCC. The molecule has 0 aliphatic heterocycles. The van der Waals surface area contributed by atoms with E-state index in [0.717, 1.165) is 64.2 Å². The lowest BCUT2D eigenvalue weighted by Gasteiger charge is -2.25. The molecule has 0 saturated heterocycles. The molecular formula is C45H88N2O6P+. The van der Waals surface area contributed by atoms with Gasteiger partial charge in [0.1, 0.15) is 13.2 Å². The number of nitrogens with zero attached hydrogens (tertiary/aromatic N) is 1. The third kappa shape index (κ3) is 39.0. The minimum atomic E-state index is -4.34. The van der Waals surface area contributed by atoms with Crippen LogP contribution in [0.4, 0.5) is 0 Å². The molecule has 0 fully saturated rings. The van der Waals surface area contributed by atoms with E-state index >= 15 is 0 Å². The summed E-state index contributed by atoms with van der Waals surface area (Å²) >= 11 is 0. The van der Waals surface area contributed by atoms with Crippen molar-refractivity contribution < 1.29 is 32.9 Å². The molecule has 0 spiro atoms. The quantitative estimate of drug-likeness (QED) is 0.0247. The molecule has 3 N–H and O–H groups in total. The molecule has 0 aromatic heterocycles. The maximum absolute atomic E-state index is 12.8. The summed E-state index contributed by atoms with van der Waals surface area (Å²) in [5.41, 5.74) is 0. The second kappa shape index (κ2) is 37.3. The van der Waals surface area contributed by atoms with E-state index in [-0.39, 0.29) is 19.1 Å². The first-order chi connectivity index (χ1) is 26.0. The Morgan fingerprint density at radius 2 is 1.06 bits per heavy atom. The molecule has 54 heavy (non-hydrogen) atoms. The highest BCUT2D eigenvalue weighted by atomic mass is 31.2. The van der Waals surface area contributed by atoms with Crippen LogP contribution in [0.25, 0.3) is 0 Å². The Hall–Kier alpha value is -1.28. The maximum atomic E-state index is 12.8. The van der Waals surface area contributed by atoms with E-state index in [1.54, 1.807) is 6.08 Å². The van der Waals surface area contributed by atoms with Crippen LogP contribution in [0.5, 0.6) is 0 Å². The van der Waals surface area contributed by atoms with Crippen LogP contribution in [0.3, 0.4) is 0 Å². The zero-order valence-corrected chi connectivity index (χ0v) is 36.9. The monoisotopic (exact) mass is 784 g/mol. The van der Waals surface area contributed by atoms with E-state index < -0.39 is 20.0 Å². The van der Waals surface area contributed by atoms with Gasteiger partial charge in [-0.15, -0.1) is 0 Å². The summed E-state index contributed by atoms with van der Waals surface area (Å²) in [6.07, 6.45) is 45.2. The fourth-order valence-corrected chi connectivity index (χ4v) is 6.97. The smallest absolute Gasteiger partial charge is 0.387 e. The normalized spacial score (nSPS) is 14.7. The summed E-state index contributed by atoms with van der Waals surface area (Å²) < 4.78 is 23.5. The van der Waals surface area contributed by atoms with Crippen LogP contribution in [0.15, 0.2) is 36.5 Å². The number of allylic oxidation sites excluding steroid dienone is 5. The maximum Gasteiger partial charge on any atom is 0.472 e. The highest BCUT2D eigenvalue weighted by Gasteiger charge is 2.27. The number of hydrogen-bond donors (Lipinski definition) is 3. The lowest BCUT2D eigenvalue weighted by atomic mass is 10.0. The summed E-state index contributed by atoms with van der Waals surface area (Å²) in [5.74, 6) is -0.200. The summed E-state index contributed by atoms with van der Waals surface area (Å²) in [5, 5.41) is 13.8. The fraction of sp³-hybridized carbons (Fsp3) is 0.844. The van der Waals surface area contributed by atoms with Crippen LogP contribution in [0.2, 0.25) is 0 Å². The Morgan fingerprint density at radius 3 is 1.56 bits per heavy atom. The van der Waals surface area contributed by atoms with E-state index in [2.05, 4.69) is 43.5 Å². The Balaban J connectivity index is 4.37. The van der Waals surface area contributed by atoms with Crippen LogP contribution in [0.1, 0.15) is 194 Å². The van der Waals surface area contributed by atoms with Gasteiger partial charge in [0.25, 0.3) is 0 Å². The predicted octanol–water partition coefficient (Wildman–Crippen LogP) is 12.3. The van der Waals surface area contributed by atoms with E-state index in [1.165, 1.54) is 109 Å². The number of quaternary nitrogens is 1. The molecule has 0 rings (SSSR count). The van der Waals surface area contributed by atoms with E-state index in [4.69, 9.17) is 9.05 Å². The number of aliphatic hydroxyl groups excluding tert-OH is 1. The molecule has 3 unspecified atom stereocenters. The number of nitrogens with one attached hydrogen (secondary N) is 1. The van der Waals surface area contributed by atoms with Crippen molar-refractivity contribution in [1.82, 2.24) is 5.32 Å². The highest BCUT2D eigenvalue weighted by Crippen LogP contribution is 2.43. The summed E-state index contributed by atoms with van der Waals surface area (Å²) in [7, 11) is 1.55.